The molecule has 2 aliphatic heterocycles. The molecule has 0 aliphatic carbocycles. The van der Waals surface area contributed by atoms with Crippen molar-refractivity contribution < 1.29 is 4.79 Å². The highest BCUT2D eigenvalue weighted by molar-refractivity contribution is 5.79. The average Bonchev–Trinajstić information content (AvgIpc) is 2.89. The van der Waals surface area contributed by atoms with E-state index < -0.39 is 0 Å². The van der Waals surface area contributed by atoms with Crippen LogP contribution in [0.25, 0.3) is 0 Å². The molecule has 2 aliphatic rings. The van der Waals surface area contributed by atoms with Crippen molar-refractivity contribution in [1.82, 2.24) is 15.6 Å². The predicted octanol–water partition coefficient (Wildman–Crippen LogP) is 0.517. The molecule has 0 unspecified atom stereocenters. The van der Waals surface area contributed by atoms with Crippen LogP contribution in [0, 0.1) is 5.92 Å². The fourth-order valence-corrected chi connectivity index (χ4v) is 2.46. The van der Waals surface area contributed by atoms with E-state index in [9.17, 15) is 4.79 Å². The van der Waals surface area contributed by atoms with E-state index in [2.05, 4.69) is 32.7 Å². The summed E-state index contributed by atoms with van der Waals surface area (Å²) in [6.07, 6.45) is 4.39. The number of nitrogens with zero attached hydrogens (tertiary/aromatic N) is 2. The fourth-order valence-electron chi connectivity index (χ4n) is 2.46. The second kappa shape index (κ2) is 5.57. The highest BCUT2D eigenvalue weighted by Crippen LogP contribution is 2.17. The quantitative estimate of drug-likeness (QED) is 0.828. The standard InChI is InChI=1S/C14H20N4O/c19-14(12-9-15-10-12)17-8-11-3-4-13(16-7-11)18-5-1-2-6-18/h3-4,7,12,15H,1-2,5-6,8-10H2,(H,17,19). The Labute approximate surface area is 113 Å². The van der Waals surface area contributed by atoms with Crippen molar-refractivity contribution in [1.29, 1.82) is 0 Å². The number of hydrogen-bond acceptors (Lipinski definition) is 4. The van der Waals surface area contributed by atoms with Gasteiger partial charge >= 0.3 is 0 Å². The van der Waals surface area contributed by atoms with Gasteiger partial charge < -0.3 is 15.5 Å². The first-order chi connectivity index (χ1) is 9.33. The highest BCUT2D eigenvalue weighted by Gasteiger charge is 2.24. The van der Waals surface area contributed by atoms with Gasteiger partial charge in [0, 0.05) is 38.9 Å². The minimum atomic E-state index is 0.141. The van der Waals surface area contributed by atoms with Gasteiger partial charge in [0.05, 0.1) is 5.92 Å². The number of pyridine rings is 1. The molecular formula is C14H20N4O. The molecule has 102 valence electrons. The third kappa shape index (κ3) is 2.87. The van der Waals surface area contributed by atoms with E-state index in [0.717, 1.165) is 37.6 Å². The maximum atomic E-state index is 11.7. The normalized spacial score (nSPS) is 19.3. The van der Waals surface area contributed by atoms with Gasteiger partial charge in [-0.3, -0.25) is 4.79 Å². The summed E-state index contributed by atoms with van der Waals surface area (Å²) < 4.78 is 0. The van der Waals surface area contributed by atoms with Gasteiger partial charge in [0.1, 0.15) is 5.82 Å². The lowest BCUT2D eigenvalue weighted by Gasteiger charge is -2.25. The van der Waals surface area contributed by atoms with Crippen LogP contribution in [-0.4, -0.2) is 37.1 Å². The predicted molar refractivity (Wildman–Crippen MR) is 73.9 cm³/mol. The van der Waals surface area contributed by atoms with Crippen LogP contribution in [0.2, 0.25) is 0 Å². The molecule has 3 heterocycles. The Bertz CT molecular complexity index is 435. The molecule has 0 aromatic carbocycles. The van der Waals surface area contributed by atoms with Crippen molar-refractivity contribution in [2.75, 3.05) is 31.1 Å². The molecule has 5 nitrogen and oxygen atoms in total. The third-order valence-corrected chi connectivity index (χ3v) is 3.86. The van der Waals surface area contributed by atoms with Gasteiger partial charge in [0.15, 0.2) is 0 Å². The van der Waals surface area contributed by atoms with Crippen LogP contribution in [0.3, 0.4) is 0 Å². The first-order valence-corrected chi connectivity index (χ1v) is 7.01. The molecule has 19 heavy (non-hydrogen) atoms. The van der Waals surface area contributed by atoms with Gasteiger partial charge in [-0.15, -0.1) is 0 Å². The summed E-state index contributed by atoms with van der Waals surface area (Å²) in [6, 6.07) is 4.11. The molecule has 2 fully saturated rings. The minimum Gasteiger partial charge on any atom is -0.357 e. The number of anilines is 1. The number of carbonyl (C=O) groups is 1. The van der Waals surface area contributed by atoms with Crippen LogP contribution < -0.4 is 15.5 Å². The molecule has 1 amide bonds. The first-order valence-electron chi connectivity index (χ1n) is 7.01. The van der Waals surface area contributed by atoms with E-state index in [4.69, 9.17) is 0 Å². The molecule has 0 spiro atoms. The monoisotopic (exact) mass is 260 g/mol. The van der Waals surface area contributed by atoms with E-state index >= 15 is 0 Å². The Morgan fingerprint density at radius 2 is 2.16 bits per heavy atom. The molecule has 2 saturated heterocycles. The number of aromatic nitrogens is 1. The Morgan fingerprint density at radius 3 is 2.74 bits per heavy atom. The number of hydrogen-bond donors (Lipinski definition) is 2. The summed E-state index contributed by atoms with van der Waals surface area (Å²) in [5.41, 5.74) is 1.06. The molecule has 1 aromatic rings. The lowest BCUT2D eigenvalue weighted by Crippen LogP contribution is -2.50. The van der Waals surface area contributed by atoms with Gasteiger partial charge in [-0.05, 0) is 24.5 Å². The minimum absolute atomic E-state index is 0.141. The second-order valence-electron chi connectivity index (χ2n) is 5.29. The molecule has 2 N–H and O–H groups in total. The van der Waals surface area contributed by atoms with Crippen molar-refractivity contribution in [3.63, 3.8) is 0 Å². The van der Waals surface area contributed by atoms with Crippen LogP contribution in [0.5, 0.6) is 0 Å². The highest BCUT2D eigenvalue weighted by atomic mass is 16.2. The van der Waals surface area contributed by atoms with Crippen molar-refractivity contribution in [3.8, 4) is 0 Å². The third-order valence-electron chi connectivity index (χ3n) is 3.86. The Kier molecular flexibility index (Phi) is 3.64. The molecule has 0 bridgehead atoms. The van der Waals surface area contributed by atoms with E-state index in [1.54, 1.807) is 0 Å². The van der Waals surface area contributed by atoms with E-state index in [1.165, 1.54) is 12.8 Å². The van der Waals surface area contributed by atoms with Gasteiger partial charge in [0.2, 0.25) is 5.91 Å². The summed E-state index contributed by atoms with van der Waals surface area (Å²) in [7, 11) is 0. The molecule has 0 atom stereocenters. The zero-order valence-electron chi connectivity index (χ0n) is 11.1. The lowest BCUT2D eigenvalue weighted by molar-refractivity contribution is -0.126. The molecule has 5 heteroatoms. The summed E-state index contributed by atoms with van der Waals surface area (Å²) in [6.45, 7) is 4.40. The maximum Gasteiger partial charge on any atom is 0.225 e. The molecule has 3 rings (SSSR count). The van der Waals surface area contributed by atoms with E-state index in [-0.39, 0.29) is 11.8 Å². The second-order valence-corrected chi connectivity index (χ2v) is 5.29. The number of nitrogens with one attached hydrogen (secondary N) is 2. The summed E-state index contributed by atoms with van der Waals surface area (Å²) in [5.74, 6) is 1.34. The van der Waals surface area contributed by atoms with Gasteiger partial charge in [-0.25, -0.2) is 4.98 Å². The number of rotatable bonds is 4. The van der Waals surface area contributed by atoms with Gasteiger partial charge in [-0.2, -0.15) is 0 Å². The molecule has 0 saturated carbocycles. The van der Waals surface area contributed by atoms with Crippen molar-refractivity contribution >= 4 is 11.7 Å². The van der Waals surface area contributed by atoms with Gasteiger partial charge in [0.25, 0.3) is 0 Å². The summed E-state index contributed by atoms with van der Waals surface area (Å²) in [4.78, 5) is 18.5. The van der Waals surface area contributed by atoms with Crippen LogP contribution in [0.1, 0.15) is 18.4 Å². The number of carbonyl (C=O) groups excluding carboxylic acids is 1. The maximum absolute atomic E-state index is 11.7. The first kappa shape index (κ1) is 12.4. The van der Waals surface area contributed by atoms with Crippen LogP contribution >= 0.6 is 0 Å². The van der Waals surface area contributed by atoms with Crippen molar-refractivity contribution in [2.24, 2.45) is 5.92 Å². The smallest absolute Gasteiger partial charge is 0.225 e. The molecule has 0 radical (unpaired) electrons. The fraction of sp³-hybridized carbons (Fsp3) is 0.571. The topological polar surface area (TPSA) is 57.3 Å². The Morgan fingerprint density at radius 1 is 1.37 bits per heavy atom. The van der Waals surface area contributed by atoms with Crippen molar-refractivity contribution in [3.05, 3.63) is 23.9 Å². The summed E-state index contributed by atoms with van der Waals surface area (Å²) in [5, 5.41) is 6.06. The Hall–Kier alpha value is -1.62. The Balaban J connectivity index is 1.52. The van der Waals surface area contributed by atoms with Crippen LogP contribution in [0.15, 0.2) is 18.3 Å². The van der Waals surface area contributed by atoms with Crippen molar-refractivity contribution in [2.45, 2.75) is 19.4 Å². The largest absolute Gasteiger partial charge is 0.357 e. The molecule has 1 aromatic heterocycles. The lowest BCUT2D eigenvalue weighted by atomic mass is 10.0. The van der Waals surface area contributed by atoms with Crippen LogP contribution in [0.4, 0.5) is 5.82 Å². The summed E-state index contributed by atoms with van der Waals surface area (Å²) >= 11 is 0. The molecular weight excluding hydrogens is 240 g/mol. The van der Waals surface area contributed by atoms with E-state index in [0.29, 0.717) is 6.54 Å². The van der Waals surface area contributed by atoms with E-state index in [1.807, 2.05) is 6.20 Å². The zero-order valence-corrected chi connectivity index (χ0v) is 11.1. The van der Waals surface area contributed by atoms with Crippen LogP contribution in [-0.2, 0) is 11.3 Å². The SMILES string of the molecule is O=C(NCc1ccc(N2CCCC2)nc1)C1CNC1. The number of amides is 1. The average molecular weight is 260 g/mol. The van der Waals surface area contributed by atoms with Gasteiger partial charge in [-0.1, -0.05) is 6.07 Å². The zero-order chi connectivity index (χ0) is 13.1.